The molecule has 0 bridgehead atoms. The average Bonchev–Trinajstić information content (AvgIpc) is 2.79. The topological polar surface area (TPSA) is 83.9 Å². The summed E-state index contributed by atoms with van der Waals surface area (Å²) >= 11 is 0. The summed E-state index contributed by atoms with van der Waals surface area (Å²) < 4.78 is 37.5. The molecule has 1 heterocycles. The molecule has 2 unspecified atom stereocenters. The number of hydrogen-bond acceptors (Lipinski definition) is 5. The molecular weight excluding hydrogens is 342 g/mol. The van der Waals surface area contributed by atoms with Crippen molar-refractivity contribution in [3.8, 4) is 0 Å². The normalized spacial score (nSPS) is 21.2. The summed E-state index contributed by atoms with van der Waals surface area (Å²) in [6.07, 6.45) is 0.510. The van der Waals surface area contributed by atoms with Crippen LogP contribution < -0.4 is 4.90 Å². The van der Waals surface area contributed by atoms with Crippen LogP contribution in [0.1, 0.15) is 19.3 Å². The zero-order valence-corrected chi connectivity index (χ0v) is 14.3. The molecule has 0 aromatic heterocycles. The molecule has 132 valence electrons. The lowest BCUT2D eigenvalue weighted by Crippen LogP contribution is -2.36. The molecule has 2 atom stereocenters. The van der Waals surface area contributed by atoms with Gasteiger partial charge in [-0.3, -0.25) is 9.35 Å². The molecule has 0 amide bonds. The van der Waals surface area contributed by atoms with Crippen LogP contribution in [0.25, 0.3) is 0 Å². The molecule has 1 N–H and O–H groups in total. The lowest BCUT2D eigenvalue weighted by Gasteiger charge is -2.33. The first kappa shape index (κ1) is 17.4. The predicted octanol–water partition coefficient (Wildman–Crippen LogP) is 3.13. The first-order valence-corrected chi connectivity index (χ1v) is 9.50. The molecule has 3 rings (SSSR count). The summed E-state index contributed by atoms with van der Waals surface area (Å²) in [5.74, 6) is -0.619. The van der Waals surface area contributed by atoms with Crippen LogP contribution in [0.2, 0.25) is 0 Å². The van der Waals surface area contributed by atoms with Gasteiger partial charge in [-0.2, -0.15) is 8.42 Å². The molecular formula is C18H19NO5S. The van der Waals surface area contributed by atoms with Gasteiger partial charge in [0.25, 0.3) is 0 Å². The number of carbonyl (C=O) groups is 1. The van der Waals surface area contributed by atoms with E-state index in [4.69, 9.17) is 4.74 Å². The van der Waals surface area contributed by atoms with Crippen LogP contribution in [-0.2, 0) is 19.6 Å². The summed E-state index contributed by atoms with van der Waals surface area (Å²) in [4.78, 5) is 13.8. The van der Waals surface area contributed by atoms with E-state index < -0.39 is 21.5 Å². The second kappa shape index (κ2) is 7.25. The number of hydrogen-bond donors (Lipinski definition) is 1. The Labute approximate surface area is 146 Å². The van der Waals surface area contributed by atoms with Crippen LogP contribution in [0, 0.1) is 0 Å². The van der Waals surface area contributed by atoms with Crippen LogP contribution in [0.5, 0.6) is 0 Å². The van der Waals surface area contributed by atoms with E-state index in [0.29, 0.717) is 6.42 Å². The fraction of sp³-hybridized carbons (Fsp3) is 0.278. The van der Waals surface area contributed by atoms with E-state index in [-0.39, 0.29) is 18.9 Å². The van der Waals surface area contributed by atoms with E-state index in [0.717, 1.165) is 11.4 Å². The molecule has 2 aromatic carbocycles. The van der Waals surface area contributed by atoms with Crippen molar-refractivity contribution in [2.45, 2.75) is 30.7 Å². The zero-order valence-electron chi connectivity index (χ0n) is 13.5. The quantitative estimate of drug-likeness (QED) is 0.665. The van der Waals surface area contributed by atoms with Crippen LogP contribution in [0.4, 0.5) is 11.4 Å². The van der Waals surface area contributed by atoms with E-state index in [1.54, 1.807) is 0 Å². The fourth-order valence-electron chi connectivity index (χ4n) is 3.04. The monoisotopic (exact) mass is 361 g/mol. The van der Waals surface area contributed by atoms with E-state index in [1.165, 1.54) is 0 Å². The molecule has 1 fully saturated rings. The molecule has 25 heavy (non-hydrogen) atoms. The van der Waals surface area contributed by atoms with Crippen molar-refractivity contribution in [2.24, 2.45) is 0 Å². The largest absolute Gasteiger partial charge is 0.443 e. The molecule has 6 nitrogen and oxygen atoms in total. The van der Waals surface area contributed by atoms with E-state index >= 15 is 0 Å². The lowest BCUT2D eigenvalue weighted by atomic mass is 10.0. The van der Waals surface area contributed by atoms with Gasteiger partial charge in [-0.25, -0.2) is 0 Å². The molecule has 0 saturated carbocycles. The SMILES string of the molecule is O=C1CCC(N(c2ccccc2)c2ccccc2)CC(S(=O)(=O)O)O1. The average molecular weight is 361 g/mol. The van der Waals surface area contributed by atoms with Crippen LogP contribution in [-0.4, -0.2) is 30.4 Å². The van der Waals surface area contributed by atoms with Crippen molar-refractivity contribution >= 4 is 27.5 Å². The number of para-hydroxylation sites is 2. The summed E-state index contributed by atoms with van der Waals surface area (Å²) in [6, 6.07) is 18.7. The summed E-state index contributed by atoms with van der Waals surface area (Å²) in [6.45, 7) is 0. The highest BCUT2D eigenvalue weighted by atomic mass is 32.2. The van der Waals surface area contributed by atoms with Gasteiger partial charge in [0, 0.05) is 30.3 Å². The molecule has 0 spiro atoms. The van der Waals surface area contributed by atoms with Crippen LogP contribution >= 0.6 is 0 Å². The third-order valence-electron chi connectivity index (χ3n) is 4.18. The van der Waals surface area contributed by atoms with E-state index in [2.05, 4.69) is 0 Å². The van der Waals surface area contributed by atoms with Gasteiger partial charge in [-0.05, 0) is 30.7 Å². The maximum atomic E-state index is 11.8. The number of ether oxygens (including phenoxy) is 1. The van der Waals surface area contributed by atoms with Gasteiger partial charge in [0.2, 0.25) is 5.44 Å². The van der Waals surface area contributed by atoms with Crippen molar-refractivity contribution in [1.82, 2.24) is 0 Å². The highest BCUT2D eigenvalue weighted by Gasteiger charge is 2.36. The summed E-state index contributed by atoms with van der Waals surface area (Å²) in [7, 11) is -4.48. The van der Waals surface area contributed by atoms with Crippen LogP contribution in [0.3, 0.4) is 0 Å². The zero-order chi connectivity index (χ0) is 17.9. The minimum atomic E-state index is -4.48. The molecule has 0 aliphatic carbocycles. The second-order valence-electron chi connectivity index (χ2n) is 5.90. The summed E-state index contributed by atoms with van der Waals surface area (Å²) in [5, 5.41) is 0. The van der Waals surface area contributed by atoms with E-state index in [1.807, 2.05) is 65.6 Å². The number of rotatable bonds is 4. The minimum absolute atomic E-state index is 0.00559. The Hall–Kier alpha value is -2.38. The van der Waals surface area contributed by atoms with Gasteiger partial charge in [0.15, 0.2) is 0 Å². The smallest absolute Gasteiger partial charge is 0.307 e. The van der Waals surface area contributed by atoms with Gasteiger partial charge in [-0.1, -0.05) is 36.4 Å². The van der Waals surface area contributed by atoms with Crippen molar-refractivity contribution in [3.05, 3.63) is 60.7 Å². The van der Waals surface area contributed by atoms with Crippen LogP contribution in [0.15, 0.2) is 60.7 Å². The maximum Gasteiger partial charge on any atom is 0.307 e. The predicted molar refractivity (Wildman–Crippen MR) is 94.1 cm³/mol. The van der Waals surface area contributed by atoms with Crippen molar-refractivity contribution in [1.29, 1.82) is 0 Å². The maximum absolute atomic E-state index is 11.8. The molecule has 1 aliphatic rings. The second-order valence-corrected chi connectivity index (χ2v) is 7.46. The van der Waals surface area contributed by atoms with Crippen molar-refractivity contribution < 1.29 is 22.5 Å². The Balaban J connectivity index is 2.01. The Morgan fingerprint density at radius 1 is 0.960 bits per heavy atom. The Bertz CT molecular complexity index is 784. The van der Waals surface area contributed by atoms with Gasteiger partial charge in [0.1, 0.15) is 0 Å². The number of cyclic esters (lactones) is 1. The standard InChI is InChI=1S/C18H19NO5S/c20-17-12-11-16(13-18(24-17)25(21,22)23)19(14-7-3-1-4-8-14)15-9-5-2-6-10-15/h1-10,16,18H,11-13H2,(H,21,22,23). The Kier molecular flexibility index (Phi) is 5.06. The fourth-order valence-corrected chi connectivity index (χ4v) is 3.74. The molecule has 1 aliphatic heterocycles. The third-order valence-corrected chi connectivity index (χ3v) is 5.13. The van der Waals surface area contributed by atoms with E-state index in [9.17, 15) is 17.8 Å². The van der Waals surface area contributed by atoms with Gasteiger partial charge < -0.3 is 9.64 Å². The van der Waals surface area contributed by atoms with Gasteiger partial charge >= 0.3 is 16.1 Å². The van der Waals surface area contributed by atoms with Gasteiger partial charge in [-0.15, -0.1) is 0 Å². The van der Waals surface area contributed by atoms with Gasteiger partial charge in [0.05, 0.1) is 0 Å². The van der Waals surface area contributed by atoms with Crippen molar-refractivity contribution in [3.63, 3.8) is 0 Å². The molecule has 2 aromatic rings. The number of esters is 1. The molecule has 0 radical (unpaired) electrons. The molecule has 7 heteroatoms. The highest BCUT2D eigenvalue weighted by molar-refractivity contribution is 7.86. The Morgan fingerprint density at radius 3 is 1.96 bits per heavy atom. The number of anilines is 2. The Morgan fingerprint density at radius 2 is 1.48 bits per heavy atom. The highest BCUT2D eigenvalue weighted by Crippen LogP contribution is 2.33. The van der Waals surface area contributed by atoms with Crippen molar-refractivity contribution in [2.75, 3.05) is 4.90 Å². The number of benzene rings is 2. The summed E-state index contributed by atoms with van der Waals surface area (Å²) in [5.41, 5.74) is 0.201. The minimum Gasteiger partial charge on any atom is -0.443 e. The number of carbonyl (C=O) groups excluding carboxylic acids is 1. The third kappa shape index (κ3) is 4.18. The lowest BCUT2D eigenvalue weighted by molar-refractivity contribution is -0.144. The molecule has 1 saturated heterocycles. The number of nitrogens with zero attached hydrogens (tertiary/aromatic N) is 1. The first-order chi connectivity index (χ1) is 11.9. The first-order valence-electron chi connectivity index (χ1n) is 8.00.